The Morgan fingerprint density at radius 2 is 1.44 bits per heavy atom. The molecular formula is C29H23ClN4. The van der Waals surface area contributed by atoms with Crippen LogP contribution in [0.3, 0.4) is 0 Å². The molecule has 34 heavy (non-hydrogen) atoms. The number of aliphatic imine (C=N–C) groups is 1. The SMILES string of the molecule is ClC1=C2NC(c3ccc(-c4ccc(-c5ccccn5)cc4)cc3)N(c3ccccc3)C2=NCC1. The zero-order valence-corrected chi connectivity index (χ0v) is 19.3. The normalized spacial score (nSPS) is 17.3. The lowest BCUT2D eigenvalue weighted by molar-refractivity contribution is 0.674. The van der Waals surface area contributed by atoms with Crippen LogP contribution in [0.25, 0.3) is 22.4 Å². The van der Waals surface area contributed by atoms with Crippen molar-refractivity contribution in [3.63, 3.8) is 0 Å². The standard InChI is InChI=1S/C29H23ClN4/c30-25-17-19-32-29-27(25)33-28(34(29)24-6-2-1-3-7-24)23-15-11-21(12-16-23)20-9-13-22(14-10-20)26-8-4-5-18-31-26/h1-16,18,28,33H,17,19H2. The highest BCUT2D eigenvalue weighted by Crippen LogP contribution is 2.37. The van der Waals surface area contributed by atoms with Crippen LogP contribution in [0.15, 0.2) is 119 Å². The summed E-state index contributed by atoms with van der Waals surface area (Å²) in [5.74, 6) is 0.918. The minimum atomic E-state index is -0.0661. The van der Waals surface area contributed by atoms with Crippen molar-refractivity contribution in [3.05, 3.63) is 120 Å². The summed E-state index contributed by atoms with van der Waals surface area (Å²) in [6.45, 7) is 0.711. The molecule has 1 unspecified atom stereocenters. The predicted molar refractivity (Wildman–Crippen MR) is 140 cm³/mol. The number of nitrogens with one attached hydrogen (secondary N) is 1. The fraction of sp³-hybridized carbons (Fsp3) is 0.103. The van der Waals surface area contributed by atoms with Crippen molar-refractivity contribution in [2.24, 2.45) is 4.99 Å². The molecule has 166 valence electrons. The molecule has 0 spiro atoms. The Bertz CT molecular complexity index is 1360. The number of dihydropyridines is 1. The molecular weight excluding hydrogens is 440 g/mol. The van der Waals surface area contributed by atoms with Gasteiger partial charge in [0.25, 0.3) is 0 Å². The van der Waals surface area contributed by atoms with Gasteiger partial charge in [0.1, 0.15) is 6.17 Å². The molecule has 2 aliphatic rings. The minimum absolute atomic E-state index is 0.0661. The van der Waals surface area contributed by atoms with Gasteiger partial charge in [-0.1, -0.05) is 84.4 Å². The van der Waals surface area contributed by atoms with Crippen LogP contribution >= 0.6 is 11.6 Å². The smallest absolute Gasteiger partial charge is 0.155 e. The Morgan fingerprint density at radius 3 is 2.15 bits per heavy atom. The average Bonchev–Trinajstić information content (AvgIpc) is 3.31. The van der Waals surface area contributed by atoms with Gasteiger partial charge in [0.15, 0.2) is 5.84 Å². The Balaban J connectivity index is 1.31. The number of pyridine rings is 1. The zero-order chi connectivity index (χ0) is 22.9. The first-order chi connectivity index (χ1) is 16.8. The van der Waals surface area contributed by atoms with E-state index in [1.54, 1.807) is 0 Å². The van der Waals surface area contributed by atoms with E-state index in [0.717, 1.165) is 45.5 Å². The van der Waals surface area contributed by atoms with E-state index in [2.05, 4.69) is 88.0 Å². The molecule has 0 aliphatic carbocycles. The monoisotopic (exact) mass is 462 g/mol. The van der Waals surface area contributed by atoms with Gasteiger partial charge in [-0.05, 0) is 41.0 Å². The molecule has 5 heteroatoms. The molecule has 1 aromatic heterocycles. The van der Waals surface area contributed by atoms with Crippen molar-refractivity contribution in [1.29, 1.82) is 0 Å². The van der Waals surface area contributed by atoms with Crippen LogP contribution in [0.2, 0.25) is 0 Å². The first-order valence-corrected chi connectivity index (χ1v) is 11.8. The number of amidine groups is 1. The van der Waals surface area contributed by atoms with Gasteiger partial charge in [0, 0.05) is 35.4 Å². The lowest BCUT2D eigenvalue weighted by Crippen LogP contribution is -2.30. The summed E-state index contributed by atoms with van der Waals surface area (Å²) in [4.78, 5) is 11.5. The molecule has 1 atom stereocenters. The van der Waals surface area contributed by atoms with E-state index in [0.29, 0.717) is 6.54 Å². The van der Waals surface area contributed by atoms with Crippen molar-refractivity contribution in [2.45, 2.75) is 12.6 Å². The quantitative estimate of drug-likeness (QED) is 0.363. The van der Waals surface area contributed by atoms with Crippen molar-refractivity contribution < 1.29 is 0 Å². The third-order valence-electron chi connectivity index (χ3n) is 6.29. The molecule has 1 saturated heterocycles. The van der Waals surface area contributed by atoms with E-state index in [9.17, 15) is 0 Å². The lowest BCUT2D eigenvalue weighted by atomic mass is 10.0. The Kier molecular flexibility index (Phi) is 5.36. The highest BCUT2D eigenvalue weighted by atomic mass is 35.5. The summed E-state index contributed by atoms with van der Waals surface area (Å²) in [5, 5.41) is 4.47. The van der Waals surface area contributed by atoms with Crippen LogP contribution in [0.1, 0.15) is 18.2 Å². The highest BCUT2D eigenvalue weighted by Gasteiger charge is 2.37. The van der Waals surface area contributed by atoms with Gasteiger partial charge < -0.3 is 5.32 Å². The zero-order valence-electron chi connectivity index (χ0n) is 18.5. The topological polar surface area (TPSA) is 40.5 Å². The molecule has 4 aromatic rings. The molecule has 1 N–H and O–H groups in total. The summed E-state index contributed by atoms with van der Waals surface area (Å²) in [7, 11) is 0. The summed E-state index contributed by atoms with van der Waals surface area (Å²) < 4.78 is 0. The van der Waals surface area contributed by atoms with Crippen molar-refractivity contribution in [1.82, 2.24) is 10.3 Å². The van der Waals surface area contributed by atoms with Gasteiger partial charge in [-0.25, -0.2) is 0 Å². The van der Waals surface area contributed by atoms with Gasteiger partial charge in [0.2, 0.25) is 0 Å². The van der Waals surface area contributed by atoms with Gasteiger partial charge in [-0.3, -0.25) is 14.9 Å². The number of hydrogen-bond donors (Lipinski definition) is 1. The molecule has 1 fully saturated rings. The number of rotatable bonds is 4. The number of anilines is 1. The van der Waals surface area contributed by atoms with Crippen LogP contribution in [-0.4, -0.2) is 17.4 Å². The molecule has 6 rings (SSSR count). The molecule has 4 nitrogen and oxygen atoms in total. The molecule has 3 heterocycles. The van der Waals surface area contributed by atoms with E-state index in [1.165, 1.54) is 11.1 Å². The van der Waals surface area contributed by atoms with E-state index in [4.69, 9.17) is 16.6 Å². The maximum atomic E-state index is 6.59. The Labute approximate surface area is 204 Å². The van der Waals surface area contributed by atoms with Crippen LogP contribution in [-0.2, 0) is 0 Å². The van der Waals surface area contributed by atoms with Gasteiger partial charge in [-0.2, -0.15) is 0 Å². The van der Waals surface area contributed by atoms with E-state index < -0.39 is 0 Å². The van der Waals surface area contributed by atoms with Crippen LogP contribution in [0.4, 0.5) is 5.69 Å². The number of aromatic nitrogens is 1. The fourth-order valence-corrected chi connectivity index (χ4v) is 4.79. The van der Waals surface area contributed by atoms with E-state index in [-0.39, 0.29) is 6.17 Å². The fourth-order valence-electron chi connectivity index (χ4n) is 4.57. The third kappa shape index (κ3) is 3.76. The van der Waals surface area contributed by atoms with Gasteiger partial charge in [-0.15, -0.1) is 0 Å². The Hall–Kier alpha value is -3.89. The number of nitrogens with zero attached hydrogens (tertiary/aromatic N) is 3. The molecule has 0 radical (unpaired) electrons. The first kappa shape index (κ1) is 20.7. The maximum Gasteiger partial charge on any atom is 0.155 e. The summed E-state index contributed by atoms with van der Waals surface area (Å²) >= 11 is 6.59. The summed E-state index contributed by atoms with van der Waals surface area (Å²) in [5.41, 5.74) is 7.64. The second-order valence-electron chi connectivity index (χ2n) is 8.40. The number of hydrogen-bond acceptors (Lipinski definition) is 4. The highest BCUT2D eigenvalue weighted by molar-refractivity contribution is 6.33. The number of para-hydroxylation sites is 1. The number of benzene rings is 3. The summed E-state index contributed by atoms with van der Waals surface area (Å²) in [6, 6.07) is 33.6. The van der Waals surface area contributed by atoms with E-state index in [1.807, 2.05) is 30.5 Å². The predicted octanol–water partition coefficient (Wildman–Crippen LogP) is 6.78. The van der Waals surface area contributed by atoms with Crippen molar-refractivity contribution in [2.75, 3.05) is 11.4 Å². The lowest BCUT2D eigenvalue weighted by Gasteiger charge is -2.26. The third-order valence-corrected chi connectivity index (χ3v) is 6.67. The second kappa shape index (κ2) is 8.81. The minimum Gasteiger partial charge on any atom is -0.357 e. The van der Waals surface area contributed by atoms with E-state index >= 15 is 0 Å². The maximum absolute atomic E-state index is 6.59. The molecule has 3 aromatic carbocycles. The summed E-state index contributed by atoms with van der Waals surface area (Å²) in [6.07, 6.45) is 2.53. The van der Waals surface area contributed by atoms with Crippen LogP contribution in [0.5, 0.6) is 0 Å². The largest absolute Gasteiger partial charge is 0.357 e. The number of fused-ring (bicyclic) bond motifs is 1. The molecule has 0 amide bonds. The molecule has 2 aliphatic heterocycles. The van der Waals surface area contributed by atoms with Crippen molar-refractivity contribution in [3.8, 4) is 22.4 Å². The van der Waals surface area contributed by atoms with Gasteiger partial charge >= 0.3 is 0 Å². The van der Waals surface area contributed by atoms with Crippen LogP contribution < -0.4 is 10.2 Å². The second-order valence-corrected chi connectivity index (χ2v) is 8.86. The van der Waals surface area contributed by atoms with Gasteiger partial charge in [0.05, 0.1) is 11.4 Å². The Morgan fingerprint density at radius 1 is 0.765 bits per heavy atom. The van der Waals surface area contributed by atoms with Crippen LogP contribution in [0, 0.1) is 0 Å². The first-order valence-electron chi connectivity index (χ1n) is 11.4. The van der Waals surface area contributed by atoms with Crippen molar-refractivity contribution >= 4 is 23.1 Å². The number of halogens is 1. The molecule has 0 saturated carbocycles. The average molecular weight is 463 g/mol. The molecule has 0 bridgehead atoms.